The summed E-state index contributed by atoms with van der Waals surface area (Å²) < 4.78 is 0. The van der Waals surface area contributed by atoms with Crippen LogP contribution in [-0.4, -0.2) is 12.6 Å². The molecule has 0 unspecified atom stereocenters. The van der Waals surface area contributed by atoms with Gasteiger partial charge in [0, 0.05) is 12.2 Å². The van der Waals surface area contributed by atoms with E-state index in [1.54, 1.807) is 35.2 Å². The van der Waals surface area contributed by atoms with Gasteiger partial charge in [-0.15, -0.1) is 0 Å². The Bertz CT molecular complexity index is 661. The third-order valence-electron chi connectivity index (χ3n) is 2.96. The number of nitrogen functional groups attached to an aromatic ring is 1. The maximum absolute atomic E-state index is 12.4. The Hall–Kier alpha value is -1.91. The number of hydrogen-bond acceptors (Lipinski definition) is 2. The molecule has 4 nitrogen and oxygen atoms in total. The number of benzene rings is 2. The minimum Gasteiger partial charge on any atom is -0.397 e. The number of rotatable bonds is 3. The molecule has 0 aliphatic heterocycles. The number of amides is 2. The van der Waals surface area contributed by atoms with Gasteiger partial charge in [-0.2, -0.15) is 0 Å². The molecule has 0 radical (unpaired) electrons. The van der Waals surface area contributed by atoms with Crippen molar-refractivity contribution in [1.82, 2.24) is 0 Å². The van der Waals surface area contributed by atoms with Crippen molar-refractivity contribution in [3.63, 3.8) is 0 Å². The van der Waals surface area contributed by atoms with Crippen LogP contribution in [0.4, 0.5) is 21.9 Å². The highest BCUT2D eigenvalue weighted by Crippen LogP contribution is 2.26. The zero-order valence-electron chi connectivity index (χ0n) is 11.4. The van der Waals surface area contributed by atoms with Crippen LogP contribution in [-0.2, 0) is 0 Å². The Morgan fingerprint density at radius 1 is 1.19 bits per heavy atom. The Morgan fingerprint density at radius 2 is 1.90 bits per heavy atom. The van der Waals surface area contributed by atoms with E-state index in [1.807, 2.05) is 19.1 Å². The number of nitrogens with two attached hydrogens (primary N) is 1. The molecule has 0 saturated carbocycles. The van der Waals surface area contributed by atoms with E-state index in [0.29, 0.717) is 33.7 Å². The zero-order valence-corrected chi connectivity index (χ0v) is 12.9. The van der Waals surface area contributed by atoms with Crippen LogP contribution in [0.3, 0.4) is 0 Å². The number of anilines is 3. The quantitative estimate of drug-likeness (QED) is 0.809. The normalized spacial score (nSPS) is 10.2. The summed E-state index contributed by atoms with van der Waals surface area (Å²) >= 11 is 11.8. The Balaban J connectivity index is 2.21. The summed E-state index contributed by atoms with van der Waals surface area (Å²) in [6, 6.07) is 11.8. The third-order valence-corrected chi connectivity index (χ3v) is 3.70. The van der Waals surface area contributed by atoms with Crippen LogP contribution in [0.2, 0.25) is 10.0 Å². The molecule has 0 saturated heterocycles. The molecule has 0 fully saturated rings. The first-order valence-electron chi connectivity index (χ1n) is 6.41. The Morgan fingerprint density at radius 3 is 2.52 bits per heavy atom. The average Bonchev–Trinajstić information content (AvgIpc) is 2.46. The van der Waals surface area contributed by atoms with Crippen molar-refractivity contribution in [1.29, 1.82) is 0 Å². The summed E-state index contributed by atoms with van der Waals surface area (Å²) in [5.74, 6) is 0. The molecule has 0 spiro atoms. The van der Waals surface area contributed by atoms with Gasteiger partial charge in [0.25, 0.3) is 0 Å². The molecular formula is C15H15Cl2N3O. The summed E-state index contributed by atoms with van der Waals surface area (Å²) in [5, 5.41) is 3.60. The molecule has 0 heterocycles. The van der Waals surface area contributed by atoms with Crippen LogP contribution in [0.15, 0.2) is 42.5 Å². The van der Waals surface area contributed by atoms with Crippen molar-refractivity contribution in [2.75, 3.05) is 22.5 Å². The topological polar surface area (TPSA) is 58.4 Å². The predicted octanol–water partition coefficient (Wildman–Crippen LogP) is 4.63. The first kappa shape index (κ1) is 15.5. The van der Waals surface area contributed by atoms with E-state index >= 15 is 0 Å². The number of nitrogens with zero attached hydrogens (tertiary/aromatic N) is 1. The molecule has 0 bridgehead atoms. The monoisotopic (exact) mass is 323 g/mol. The van der Waals surface area contributed by atoms with Crippen LogP contribution >= 0.6 is 23.2 Å². The SMILES string of the molecule is CCN(C(=O)Nc1ccc(Cl)c(Cl)c1)c1ccccc1N. The largest absolute Gasteiger partial charge is 0.397 e. The predicted molar refractivity (Wildman–Crippen MR) is 89.4 cm³/mol. The van der Waals surface area contributed by atoms with Crippen molar-refractivity contribution in [3.8, 4) is 0 Å². The molecule has 6 heteroatoms. The van der Waals surface area contributed by atoms with Gasteiger partial charge in [-0.25, -0.2) is 4.79 Å². The molecule has 110 valence electrons. The zero-order chi connectivity index (χ0) is 15.4. The molecule has 2 aromatic carbocycles. The van der Waals surface area contributed by atoms with Crippen molar-refractivity contribution in [2.45, 2.75) is 6.92 Å². The number of urea groups is 1. The highest BCUT2D eigenvalue weighted by atomic mass is 35.5. The van der Waals surface area contributed by atoms with E-state index in [0.717, 1.165) is 0 Å². The van der Waals surface area contributed by atoms with Gasteiger partial charge in [-0.3, -0.25) is 4.90 Å². The van der Waals surface area contributed by atoms with Crippen LogP contribution in [0.25, 0.3) is 0 Å². The number of carbonyl (C=O) groups is 1. The number of para-hydroxylation sites is 2. The number of halogens is 2. The number of hydrogen-bond donors (Lipinski definition) is 2. The van der Waals surface area contributed by atoms with Gasteiger partial charge in [0.15, 0.2) is 0 Å². The summed E-state index contributed by atoms with van der Waals surface area (Å²) in [4.78, 5) is 13.9. The highest BCUT2D eigenvalue weighted by molar-refractivity contribution is 6.42. The second-order valence-electron chi connectivity index (χ2n) is 4.36. The lowest BCUT2D eigenvalue weighted by Gasteiger charge is -2.23. The van der Waals surface area contributed by atoms with Crippen LogP contribution in [0, 0.1) is 0 Å². The fourth-order valence-corrected chi connectivity index (χ4v) is 2.22. The van der Waals surface area contributed by atoms with Gasteiger partial charge >= 0.3 is 6.03 Å². The molecule has 0 aromatic heterocycles. The summed E-state index contributed by atoms with van der Waals surface area (Å²) in [5.41, 5.74) is 7.69. The number of carbonyl (C=O) groups excluding carboxylic acids is 1. The smallest absolute Gasteiger partial charge is 0.326 e. The van der Waals surface area contributed by atoms with Gasteiger partial charge in [0.05, 0.1) is 21.4 Å². The molecule has 3 N–H and O–H groups in total. The third kappa shape index (κ3) is 3.60. The maximum atomic E-state index is 12.4. The molecule has 0 atom stereocenters. The Kier molecular flexibility index (Phi) is 4.94. The molecular weight excluding hydrogens is 309 g/mol. The molecule has 2 aromatic rings. The van der Waals surface area contributed by atoms with Crippen LogP contribution in [0.5, 0.6) is 0 Å². The minimum atomic E-state index is -0.284. The number of nitrogens with one attached hydrogen (secondary N) is 1. The van der Waals surface area contributed by atoms with E-state index in [4.69, 9.17) is 28.9 Å². The second-order valence-corrected chi connectivity index (χ2v) is 5.18. The molecule has 2 rings (SSSR count). The maximum Gasteiger partial charge on any atom is 0.326 e. The summed E-state index contributed by atoms with van der Waals surface area (Å²) in [7, 11) is 0. The van der Waals surface area contributed by atoms with Gasteiger partial charge in [0.1, 0.15) is 0 Å². The van der Waals surface area contributed by atoms with Gasteiger partial charge in [-0.05, 0) is 37.3 Å². The average molecular weight is 324 g/mol. The molecule has 0 aliphatic rings. The van der Waals surface area contributed by atoms with Crippen molar-refractivity contribution < 1.29 is 4.79 Å². The van der Waals surface area contributed by atoms with E-state index < -0.39 is 0 Å². The fraction of sp³-hybridized carbons (Fsp3) is 0.133. The molecule has 0 aliphatic carbocycles. The van der Waals surface area contributed by atoms with E-state index in [1.165, 1.54) is 0 Å². The summed E-state index contributed by atoms with van der Waals surface area (Å²) in [6.45, 7) is 2.36. The van der Waals surface area contributed by atoms with Gasteiger partial charge < -0.3 is 11.1 Å². The standard InChI is InChI=1S/C15H15Cl2N3O/c1-2-20(14-6-4-3-5-13(14)18)15(21)19-10-7-8-11(16)12(17)9-10/h3-9H,2,18H2,1H3,(H,19,21). The Labute approximate surface area is 133 Å². The molecule has 21 heavy (non-hydrogen) atoms. The van der Waals surface area contributed by atoms with Crippen LogP contribution < -0.4 is 16.0 Å². The van der Waals surface area contributed by atoms with Crippen molar-refractivity contribution >= 4 is 46.3 Å². The second kappa shape index (κ2) is 6.70. The van der Waals surface area contributed by atoms with Crippen molar-refractivity contribution in [2.24, 2.45) is 0 Å². The first-order chi connectivity index (χ1) is 10.0. The lowest BCUT2D eigenvalue weighted by molar-refractivity contribution is 0.257. The van der Waals surface area contributed by atoms with Gasteiger partial charge in [-0.1, -0.05) is 35.3 Å². The van der Waals surface area contributed by atoms with E-state index in [9.17, 15) is 4.79 Å². The van der Waals surface area contributed by atoms with E-state index in [-0.39, 0.29) is 6.03 Å². The highest BCUT2D eigenvalue weighted by Gasteiger charge is 2.16. The van der Waals surface area contributed by atoms with Gasteiger partial charge in [0.2, 0.25) is 0 Å². The minimum absolute atomic E-state index is 0.284. The lowest BCUT2D eigenvalue weighted by atomic mass is 10.2. The first-order valence-corrected chi connectivity index (χ1v) is 7.16. The lowest BCUT2D eigenvalue weighted by Crippen LogP contribution is -2.35. The van der Waals surface area contributed by atoms with E-state index in [2.05, 4.69) is 5.32 Å². The fourth-order valence-electron chi connectivity index (χ4n) is 1.92. The van der Waals surface area contributed by atoms with Crippen LogP contribution in [0.1, 0.15) is 6.92 Å². The molecule has 2 amide bonds. The van der Waals surface area contributed by atoms with Crippen molar-refractivity contribution in [3.05, 3.63) is 52.5 Å². The summed E-state index contributed by atoms with van der Waals surface area (Å²) in [6.07, 6.45) is 0.